The van der Waals surface area contributed by atoms with Gasteiger partial charge in [-0.05, 0) is 36.1 Å². The van der Waals surface area contributed by atoms with Crippen molar-refractivity contribution in [3.63, 3.8) is 0 Å². The van der Waals surface area contributed by atoms with E-state index >= 15 is 0 Å². The van der Waals surface area contributed by atoms with Crippen molar-refractivity contribution >= 4 is 27.7 Å². The number of benzene rings is 2. The Bertz CT molecular complexity index is 962. The number of aryl methyl sites for hydroxylation is 1. The lowest BCUT2D eigenvalue weighted by Crippen LogP contribution is -2.33. The van der Waals surface area contributed by atoms with Crippen molar-refractivity contribution in [2.75, 3.05) is 7.11 Å². The number of ether oxygens (including phenoxy) is 1. The lowest BCUT2D eigenvalue weighted by Gasteiger charge is -2.25. The first kappa shape index (κ1) is 17.0. The summed E-state index contributed by atoms with van der Waals surface area (Å²) in [7, 11) is 1.27. The Balaban J connectivity index is 1.91. The number of rotatable bonds is 2. The van der Waals surface area contributed by atoms with Crippen LogP contribution in [0.25, 0.3) is 0 Å². The number of fused-ring (bicyclic) bond motifs is 1. The molecule has 0 heterocycles. The first-order chi connectivity index (χ1) is 12.5. The molecule has 2 aliphatic rings. The molecule has 0 amide bonds. The van der Waals surface area contributed by atoms with Crippen molar-refractivity contribution in [1.82, 2.24) is 0 Å². The molecule has 130 valence electrons. The van der Waals surface area contributed by atoms with Crippen LogP contribution in [-0.2, 0) is 16.0 Å². The third-order valence-corrected chi connectivity index (χ3v) is 6.42. The Morgan fingerprint density at radius 2 is 1.92 bits per heavy atom. The van der Waals surface area contributed by atoms with Crippen molar-refractivity contribution < 1.29 is 14.3 Å². The summed E-state index contributed by atoms with van der Waals surface area (Å²) in [6.45, 7) is 0. The van der Waals surface area contributed by atoms with Crippen LogP contribution >= 0.6 is 15.9 Å². The molecule has 3 atom stereocenters. The number of halogens is 1. The van der Waals surface area contributed by atoms with E-state index in [0.717, 1.165) is 15.6 Å². The standard InChI is InChI=1S/C21H16BrNO3/c1-26-19(25)21(12-23)17(14-6-8-15(22)9-7-14)20(21)11-10-13-4-2-3-5-16(13)18(20)24/h2-9,17H,10-11H2,1H3. The van der Waals surface area contributed by atoms with Crippen molar-refractivity contribution in [3.8, 4) is 6.07 Å². The van der Waals surface area contributed by atoms with Gasteiger partial charge in [0.25, 0.3) is 0 Å². The van der Waals surface area contributed by atoms with E-state index in [9.17, 15) is 14.9 Å². The van der Waals surface area contributed by atoms with Gasteiger partial charge in [0.05, 0.1) is 18.6 Å². The molecule has 0 aromatic heterocycles. The molecule has 5 heteroatoms. The maximum atomic E-state index is 13.5. The molecule has 0 radical (unpaired) electrons. The van der Waals surface area contributed by atoms with Crippen LogP contribution in [0.2, 0.25) is 0 Å². The van der Waals surface area contributed by atoms with Crippen molar-refractivity contribution in [2.45, 2.75) is 18.8 Å². The van der Waals surface area contributed by atoms with Gasteiger partial charge in [-0.15, -0.1) is 0 Å². The van der Waals surface area contributed by atoms with Gasteiger partial charge in [0.2, 0.25) is 0 Å². The van der Waals surface area contributed by atoms with Crippen LogP contribution in [0.1, 0.15) is 33.8 Å². The van der Waals surface area contributed by atoms with Crippen molar-refractivity contribution in [3.05, 3.63) is 69.7 Å². The number of Topliss-reactive ketones (excluding diaryl/α,β-unsaturated/α-hetero) is 1. The normalized spacial score (nSPS) is 29.0. The number of carbonyl (C=O) groups is 2. The molecular weight excluding hydrogens is 394 g/mol. The van der Waals surface area contributed by atoms with E-state index < -0.39 is 22.7 Å². The number of nitriles is 1. The lowest BCUT2D eigenvalue weighted by molar-refractivity contribution is -0.146. The highest BCUT2D eigenvalue weighted by Crippen LogP contribution is 2.78. The van der Waals surface area contributed by atoms with Gasteiger partial charge in [0, 0.05) is 16.0 Å². The van der Waals surface area contributed by atoms with Gasteiger partial charge >= 0.3 is 5.97 Å². The summed E-state index contributed by atoms with van der Waals surface area (Å²) >= 11 is 3.40. The molecule has 0 N–H and O–H groups in total. The predicted octanol–water partition coefficient (Wildman–Crippen LogP) is 4.04. The summed E-state index contributed by atoms with van der Waals surface area (Å²) in [5.41, 5.74) is -0.131. The monoisotopic (exact) mass is 409 g/mol. The number of hydrogen-bond acceptors (Lipinski definition) is 4. The summed E-state index contributed by atoms with van der Waals surface area (Å²) in [6, 6.07) is 17.1. The predicted molar refractivity (Wildman–Crippen MR) is 98.5 cm³/mol. The zero-order chi connectivity index (χ0) is 18.5. The minimum atomic E-state index is -1.47. The molecule has 26 heavy (non-hydrogen) atoms. The minimum absolute atomic E-state index is 0.126. The van der Waals surface area contributed by atoms with Crippen molar-refractivity contribution in [2.24, 2.45) is 10.8 Å². The fourth-order valence-electron chi connectivity index (χ4n) is 4.69. The summed E-state index contributed by atoms with van der Waals surface area (Å²) in [5.74, 6) is -1.25. The minimum Gasteiger partial charge on any atom is -0.468 e. The first-order valence-electron chi connectivity index (χ1n) is 8.41. The molecular formula is C21H16BrNO3. The molecule has 3 unspecified atom stereocenters. The van der Waals surface area contributed by atoms with E-state index in [2.05, 4.69) is 22.0 Å². The molecule has 2 aromatic carbocycles. The van der Waals surface area contributed by atoms with Crippen molar-refractivity contribution in [1.29, 1.82) is 5.26 Å². The van der Waals surface area contributed by atoms with Crippen LogP contribution in [0.3, 0.4) is 0 Å². The van der Waals surface area contributed by atoms with Crippen LogP contribution in [0.15, 0.2) is 53.0 Å². The number of esters is 1. The Morgan fingerprint density at radius 1 is 1.23 bits per heavy atom. The zero-order valence-corrected chi connectivity index (χ0v) is 15.7. The molecule has 0 bridgehead atoms. The van der Waals surface area contributed by atoms with E-state index in [4.69, 9.17) is 4.74 Å². The Labute approximate surface area is 159 Å². The van der Waals surface area contributed by atoms with Crippen LogP contribution in [0.5, 0.6) is 0 Å². The molecule has 1 spiro atoms. The maximum absolute atomic E-state index is 13.5. The van der Waals surface area contributed by atoms with E-state index in [-0.39, 0.29) is 5.78 Å². The first-order valence-corrected chi connectivity index (χ1v) is 9.20. The van der Waals surface area contributed by atoms with E-state index in [1.54, 1.807) is 6.07 Å². The van der Waals surface area contributed by atoms with Gasteiger partial charge in [-0.25, -0.2) is 0 Å². The molecule has 2 aromatic rings. The fraction of sp³-hybridized carbons (Fsp3) is 0.286. The van der Waals surface area contributed by atoms with Gasteiger partial charge in [-0.1, -0.05) is 52.3 Å². The highest BCUT2D eigenvalue weighted by atomic mass is 79.9. The maximum Gasteiger partial charge on any atom is 0.327 e. The summed E-state index contributed by atoms with van der Waals surface area (Å²) in [5, 5.41) is 10.0. The average Bonchev–Trinajstić information content (AvgIpc) is 3.28. The number of ketones is 1. The second kappa shape index (κ2) is 5.78. The second-order valence-electron chi connectivity index (χ2n) is 6.85. The largest absolute Gasteiger partial charge is 0.468 e. The van der Waals surface area contributed by atoms with Gasteiger partial charge < -0.3 is 4.74 Å². The van der Waals surface area contributed by atoms with E-state index in [1.807, 2.05) is 42.5 Å². The molecule has 0 saturated heterocycles. The van der Waals surface area contributed by atoms with Gasteiger partial charge in [0.15, 0.2) is 11.2 Å². The summed E-state index contributed by atoms with van der Waals surface area (Å²) in [6.07, 6.45) is 1.13. The molecule has 4 nitrogen and oxygen atoms in total. The highest BCUT2D eigenvalue weighted by molar-refractivity contribution is 9.10. The number of nitrogens with zero attached hydrogens (tertiary/aromatic N) is 1. The SMILES string of the molecule is COC(=O)C1(C#N)C(c2ccc(Br)cc2)C12CCc1ccccc1C2=O. The second-order valence-corrected chi connectivity index (χ2v) is 7.77. The molecule has 4 rings (SSSR count). The number of carbonyl (C=O) groups excluding carboxylic acids is 2. The lowest BCUT2D eigenvalue weighted by atomic mass is 9.75. The van der Waals surface area contributed by atoms with Gasteiger partial charge in [-0.3, -0.25) is 9.59 Å². The molecule has 0 aliphatic heterocycles. The van der Waals surface area contributed by atoms with Crippen LogP contribution in [0.4, 0.5) is 0 Å². The summed E-state index contributed by atoms with van der Waals surface area (Å²) in [4.78, 5) is 26.2. The fourth-order valence-corrected chi connectivity index (χ4v) is 4.96. The Kier molecular flexibility index (Phi) is 3.78. The molecule has 1 saturated carbocycles. The third-order valence-electron chi connectivity index (χ3n) is 5.89. The van der Waals surface area contributed by atoms with E-state index in [0.29, 0.717) is 18.4 Å². The molecule has 1 fully saturated rings. The smallest absolute Gasteiger partial charge is 0.327 e. The topological polar surface area (TPSA) is 67.2 Å². The van der Waals surface area contributed by atoms with Crippen LogP contribution in [-0.4, -0.2) is 18.9 Å². The van der Waals surface area contributed by atoms with Crippen LogP contribution in [0, 0.1) is 22.2 Å². The zero-order valence-electron chi connectivity index (χ0n) is 14.2. The Hall–Kier alpha value is -2.45. The van der Waals surface area contributed by atoms with Crippen LogP contribution < -0.4 is 0 Å². The highest BCUT2D eigenvalue weighted by Gasteiger charge is 2.86. The molecule has 2 aliphatic carbocycles. The average molecular weight is 410 g/mol. The van der Waals surface area contributed by atoms with E-state index in [1.165, 1.54) is 7.11 Å². The third kappa shape index (κ3) is 1.94. The Morgan fingerprint density at radius 3 is 2.58 bits per heavy atom. The number of hydrogen-bond donors (Lipinski definition) is 0. The number of methoxy groups -OCH3 is 1. The van der Waals surface area contributed by atoms with Gasteiger partial charge in [-0.2, -0.15) is 5.26 Å². The van der Waals surface area contributed by atoms with Gasteiger partial charge in [0.1, 0.15) is 0 Å². The quantitative estimate of drug-likeness (QED) is 0.701. The summed E-state index contributed by atoms with van der Waals surface area (Å²) < 4.78 is 5.88.